The highest BCUT2D eigenvalue weighted by atomic mass is 79.9. The maximum atomic E-state index is 13.6. The Kier molecular flexibility index (Phi) is 6.76. The number of aromatic nitrogens is 1. The van der Waals surface area contributed by atoms with Crippen LogP contribution in [0, 0.1) is 16.4 Å². The van der Waals surface area contributed by atoms with E-state index in [-0.39, 0.29) is 27.4 Å². The van der Waals surface area contributed by atoms with Gasteiger partial charge < -0.3 is 19.9 Å². The van der Waals surface area contributed by atoms with Gasteiger partial charge in [-0.25, -0.2) is 4.39 Å². The third-order valence-corrected chi connectivity index (χ3v) is 4.28. The molecule has 0 aliphatic heterocycles. The zero-order chi connectivity index (χ0) is 22.9. The SMILES string of the molecule is CC(C)(C)O/N=C(\Oc1ccc[n+]([O-])c1C(=O)c1cc(Br)c(F)cc1O)C(C)(C)C. The van der Waals surface area contributed by atoms with Gasteiger partial charge in [0, 0.05) is 17.5 Å². The molecule has 1 N–H and O–H groups in total. The predicted octanol–water partition coefficient (Wildman–Crippen LogP) is 4.71. The van der Waals surface area contributed by atoms with Gasteiger partial charge in [0.2, 0.25) is 11.6 Å². The fourth-order valence-electron chi connectivity index (χ4n) is 2.20. The molecule has 0 spiro atoms. The molecule has 30 heavy (non-hydrogen) atoms. The van der Waals surface area contributed by atoms with Crippen LogP contribution in [0.1, 0.15) is 57.6 Å². The van der Waals surface area contributed by atoms with Gasteiger partial charge in [-0.15, -0.1) is 0 Å². The van der Waals surface area contributed by atoms with E-state index in [2.05, 4.69) is 21.1 Å². The molecule has 0 atom stereocenters. The van der Waals surface area contributed by atoms with Gasteiger partial charge in [0.05, 0.1) is 10.0 Å². The molecule has 0 bridgehead atoms. The topological polar surface area (TPSA) is 95.1 Å². The van der Waals surface area contributed by atoms with Crippen molar-refractivity contribution in [3.05, 3.63) is 57.2 Å². The molecule has 9 heteroatoms. The Balaban J connectivity index is 2.55. The van der Waals surface area contributed by atoms with E-state index in [0.717, 1.165) is 18.3 Å². The van der Waals surface area contributed by atoms with Gasteiger partial charge in [0.15, 0.2) is 6.20 Å². The van der Waals surface area contributed by atoms with Gasteiger partial charge in [-0.1, -0.05) is 25.9 Å². The third kappa shape index (κ3) is 5.69. The Morgan fingerprint density at radius 3 is 2.43 bits per heavy atom. The second kappa shape index (κ2) is 8.59. The molecule has 7 nitrogen and oxygen atoms in total. The fraction of sp³-hybridized carbons (Fsp3) is 0.381. The van der Waals surface area contributed by atoms with Gasteiger partial charge in [-0.3, -0.25) is 4.79 Å². The second-order valence-corrected chi connectivity index (χ2v) is 9.47. The molecule has 162 valence electrons. The Morgan fingerprint density at radius 1 is 1.23 bits per heavy atom. The smallest absolute Gasteiger partial charge is 0.308 e. The first-order chi connectivity index (χ1) is 13.7. The number of oxime groups is 1. The van der Waals surface area contributed by atoms with Crippen molar-refractivity contribution < 1.29 is 28.6 Å². The first-order valence-corrected chi connectivity index (χ1v) is 9.89. The van der Waals surface area contributed by atoms with E-state index < -0.39 is 28.4 Å². The summed E-state index contributed by atoms with van der Waals surface area (Å²) in [5, 5.41) is 26.6. The van der Waals surface area contributed by atoms with Crippen LogP contribution in [0.2, 0.25) is 0 Å². The van der Waals surface area contributed by atoms with Crippen molar-refractivity contribution in [2.75, 3.05) is 0 Å². The lowest BCUT2D eigenvalue weighted by atomic mass is 9.96. The van der Waals surface area contributed by atoms with E-state index in [0.29, 0.717) is 4.73 Å². The number of ketones is 1. The molecule has 0 aliphatic carbocycles. The highest BCUT2D eigenvalue weighted by Crippen LogP contribution is 2.30. The number of carbonyl (C=O) groups excluding carboxylic acids is 1. The quantitative estimate of drug-likeness (QED) is 0.170. The Bertz CT molecular complexity index is 994. The molecule has 0 unspecified atom stereocenters. The minimum atomic E-state index is -0.844. The van der Waals surface area contributed by atoms with Crippen LogP contribution in [0.5, 0.6) is 11.5 Å². The molecular formula is C21H24BrFN2O5. The summed E-state index contributed by atoms with van der Waals surface area (Å²) in [6.07, 6.45) is 1.12. The minimum absolute atomic E-state index is 0.0324. The van der Waals surface area contributed by atoms with Crippen molar-refractivity contribution in [3.8, 4) is 11.5 Å². The lowest BCUT2D eigenvalue weighted by molar-refractivity contribution is -0.607. The summed E-state index contributed by atoms with van der Waals surface area (Å²) in [7, 11) is 0. The molecule has 0 saturated heterocycles. The molecule has 0 saturated carbocycles. The number of halogens is 2. The first-order valence-electron chi connectivity index (χ1n) is 9.10. The largest absolute Gasteiger partial charge is 0.618 e. The average Bonchev–Trinajstić information content (AvgIpc) is 2.59. The number of hydrogen-bond acceptors (Lipinski definition) is 6. The summed E-state index contributed by atoms with van der Waals surface area (Å²) in [5.74, 6) is -2.13. The van der Waals surface area contributed by atoms with Crippen LogP contribution in [-0.2, 0) is 4.84 Å². The van der Waals surface area contributed by atoms with E-state index in [1.54, 1.807) is 0 Å². The van der Waals surface area contributed by atoms with Crippen LogP contribution in [0.4, 0.5) is 4.39 Å². The average molecular weight is 483 g/mol. The summed E-state index contributed by atoms with van der Waals surface area (Å²) < 4.78 is 19.8. The van der Waals surface area contributed by atoms with Gasteiger partial charge in [-0.2, -0.15) is 4.73 Å². The zero-order valence-electron chi connectivity index (χ0n) is 17.6. The van der Waals surface area contributed by atoms with Crippen molar-refractivity contribution >= 4 is 27.6 Å². The summed E-state index contributed by atoms with van der Waals surface area (Å²) in [5.41, 5.74) is -1.85. The number of nitrogens with zero attached hydrogens (tertiary/aromatic N) is 2. The number of benzene rings is 1. The molecule has 2 aromatic rings. The highest BCUT2D eigenvalue weighted by molar-refractivity contribution is 9.10. The Labute approximate surface area is 182 Å². The van der Waals surface area contributed by atoms with Crippen LogP contribution < -0.4 is 9.47 Å². The molecule has 0 fully saturated rings. The molecule has 1 aromatic heterocycles. The van der Waals surface area contributed by atoms with Crippen molar-refractivity contribution in [2.24, 2.45) is 10.6 Å². The maximum absolute atomic E-state index is 13.6. The second-order valence-electron chi connectivity index (χ2n) is 8.61. The fourth-order valence-corrected chi connectivity index (χ4v) is 2.55. The van der Waals surface area contributed by atoms with Crippen molar-refractivity contribution in [1.82, 2.24) is 0 Å². The number of carbonyl (C=O) groups is 1. The first kappa shape index (κ1) is 23.6. The van der Waals surface area contributed by atoms with Gasteiger partial charge in [0.1, 0.15) is 17.2 Å². The zero-order valence-corrected chi connectivity index (χ0v) is 19.2. The van der Waals surface area contributed by atoms with E-state index in [9.17, 15) is 19.5 Å². The van der Waals surface area contributed by atoms with E-state index >= 15 is 0 Å². The summed E-state index contributed by atoms with van der Waals surface area (Å²) in [6.45, 7) is 10.9. The van der Waals surface area contributed by atoms with E-state index in [1.165, 1.54) is 12.1 Å². The van der Waals surface area contributed by atoms with Gasteiger partial charge in [-0.05, 0) is 48.8 Å². The predicted molar refractivity (Wildman–Crippen MR) is 113 cm³/mol. The molecular weight excluding hydrogens is 459 g/mol. The maximum Gasteiger partial charge on any atom is 0.308 e. The number of hydrogen-bond donors (Lipinski definition) is 1. The van der Waals surface area contributed by atoms with Crippen molar-refractivity contribution in [1.29, 1.82) is 0 Å². The van der Waals surface area contributed by atoms with Crippen molar-refractivity contribution in [2.45, 2.75) is 47.1 Å². The van der Waals surface area contributed by atoms with Crippen LogP contribution in [0.15, 0.2) is 40.1 Å². The summed E-state index contributed by atoms with van der Waals surface area (Å²) >= 11 is 2.97. The molecule has 0 amide bonds. The van der Waals surface area contributed by atoms with Crippen LogP contribution >= 0.6 is 15.9 Å². The normalized spacial score (nSPS) is 12.6. The minimum Gasteiger partial charge on any atom is -0.618 e. The lowest BCUT2D eigenvalue weighted by Gasteiger charge is -2.23. The number of pyridine rings is 1. The van der Waals surface area contributed by atoms with Crippen LogP contribution in [0.3, 0.4) is 0 Å². The number of rotatable bonds is 4. The van der Waals surface area contributed by atoms with Crippen LogP contribution in [-0.4, -0.2) is 22.4 Å². The monoisotopic (exact) mass is 482 g/mol. The number of aromatic hydroxyl groups is 1. The Hall–Kier alpha value is -2.68. The number of phenols is 1. The molecule has 1 aromatic carbocycles. The lowest BCUT2D eigenvalue weighted by Crippen LogP contribution is -2.37. The molecule has 2 rings (SSSR count). The van der Waals surface area contributed by atoms with Gasteiger partial charge in [0.25, 0.3) is 5.78 Å². The molecule has 1 heterocycles. The number of phenolic OH excluding ortho intramolecular Hbond substituents is 1. The van der Waals surface area contributed by atoms with Gasteiger partial charge >= 0.3 is 5.69 Å². The molecule has 0 radical (unpaired) electrons. The van der Waals surface area contributed by atoms with Crippen LogP contribution in [0.25, 0.3) is 0 Å². The summed E-state index contributed by atoms with van der Waals surface area (Å²) in [4.78, 5) is 18.5. The standard InChI is InChI=1S/C21H24BrFN2O5/c1-20(2,3)19(24-30-21(4,5)6)29-16-8-7-9-25(28)17(16)18(27)12-10-13(22)14(23)11-15(12)26/h7-11,26H,1-6H3/b24-19-. The highest BCUT2D eigenvalue weighted by Gasteiger charge is 2.31. The van der Waals surface area contributed by atoms with E-state index in [1.807, 2.05) is 41.5 Å². The molecule has 0 aliphatic rings. The summed E-state index contributed by atoms with van der Waals surface area (Å²) in [6, 6.07) is 4.72. The van der Waals surface area contributed by atoms with Crippen molar-refractivity contribution in [3.63, 3.8) is 0 Å². The van der Waals surface area contributed by atoms with E-state index in [4.69, 9.17) is 9.57 Å². The third-order valence-electron chi connectivity index (χ3n) is 3.67. The Morgan fingerprint density at radius 2 is 1.87 bits per heavy atom. The number of ether oxygens (including phenoxy) is 1.